The molecule has 0 aromatic heterocycles. The Morgan fingerprint density at radius 1 is 1.33 bits per heavy atom. The first-order chi connectivity index (χ1) is 11.5. The highest BCUT2D eigenvalue weighted by Crippen LogP contribution is 2.29. The summed E-state index contributed by atoms with van der Waals surface area (Å²) >= 11 is 6.04. The fourth-order valence-electron chi connectivity index (χ4n) is 2.79. The number of nitrogens with zero attached hydrogens (tertiary/aromatic N) is 1. The number of benzene rings is 1. The lowest BCUT2D eigenvalue weighted by Gasteiger charge is -2.29. The normalized spacial score (nSPS) is 20.3. The maximum Gasteiger partial charge on any atom is 0.341 e. The number of nitrogens with one attached hydrogen (secondary N) is 1. The molecule has 2 atom stereocenters. The number of carbonyl (C=O) groups excluding carboxylic acids is 2. The van der Waals surface area contributed by atoms with Gasteiger partial charge in [-0.2, -0.15) is 0 Å². The molecule has 0 saturated carbocycles. The van der Waals surface area contributed by atoms with Gasteiger partial charge in [-0.25, -0.2) is 9.79 Å². The summed E-state index contributed by atoms with van der Waals surface area (Å²) in [6.07, 6.45) is 4.14. The van der Waals surface area contributed by atoms with Gasteiger partial charge in [-0.3, -0.25) is 4.79 Å². The first-order valence-electron chi connectivity index (χ1n) is 8.30. The van der Waals surface area contributed by atoms with Crippen LogP contribution >= 0.6 is 11.6 Å². The molecule has 0 radical (unpaired) electrons. The average Bonchev–Trinajstić information content (AvgIpc) is 2.53. The first kappa shape index (κ1) is 18.5. The third-order valence-corrected chi connectivity index (χ3v) is 4.28. The summed E-state index contributed by atoms with van der Waals surface area (Å²) in [5.41, 5.74) is 1.22. The van der Waals surface area contributed by atoms with Crippen molar-refractivity contribution >= 4 is 29.3 Å². The van der Waals surface area contributed by atoms with Crippen LogP contribution in [0.3, 0.4) is 0 Å². The maximum absolute atomic E-state index is 12.5. The van der Waals surface area contributed by atoms with Crippen molar-refractivity contribution in [2.45, 2.75) is 45.6 Å². The van der Waals surface area contributed by atoms with Crippen LogP contribution in [0.25, 0.3) is 0 Å². The summed E-state index contributed by atoms with van der Waals surface area (Å²) in [7, 11) is 0. The number of amides is 2. The molecule has 0 spiro atoms. The molecule has 1 aromatic carbocycles. The molecule has 2 amide bonds. The minimum atomic E-state index is -0.632. The van der Waals surface area contributed by atoms with Crippen molar-refractivity contribution in [3.05, 3.63) is 34.9 Å². The molecule has 2 unspecified atom stereocenters. The number of ether oxygens (including phenoxy) is 1. The molecule has 2 rings (SSSR count). The Labute approximate surface area is 147 Å². The van der Waals surface area contributed by atoms with Gasteiger partial charge in [0, 0.05) is 10.7 Å². The fraction of sp³-hybridized carbons (Fsp3) is 0.500. The van der Waals surface area contributed by atoms with Crippen LogP contribution in [0.4, 0.5) is 4.79 Å². The van der Waals surface area contributed by atoms with Crippen LogP contribution in [-0.4, -0.2) is 24.3 Å². The molecule has 1 N–H and O–H groups in total. The second-order valence-corrected chi connectivity index (χ2v) is 6.38. The molecule has 5 nitrogen and oxygen atoms in total. The lowest BCUT2D eigenvalue weighted by molar-refractivity contribution is -0.147. The zero-order valence-electron chi connectivity index (χ0n) is 14.0. The summed E-state index contributed by atoms with van der Waals surface area (Å²) < 4.78 is 5.41. The first-order valence-corrected chi connectivity index (χ1v) is 8.68. The van der Waals surface area contributed by atoms with Crippen LogP contribution < -0.4 is 5.32 Å². The van der Waals surface area contributed by atoms with E-state index < -0.39 is 18.0 Å². The van der Waals surface area contributed by atoms with Crippen LogP contribution in [0.1, 0.15) is 51.1 Å². The smallest absolute Gasteiger partial charge is 0.341 e. The highest BCUT2D eigenvalue weighted by Gasteiger charge is 2.37. The van der Waals surface area contributed by atoms with Crippen LogP contribution in [-0.2, 0) is 9.53 Å². The molecule has 130 valence electrons. The third kappa shape index (κ3) is 4.81. The zero-order valence-corrected chi connectivity index (χ0v) is 14.8. The summed E-state index contributed by atoms with van der Waals surface area (Å²) in [5.74, 6) is -0.995. The van der Waals surface area contributed by atoms with E-state index in [0.29, 0.717) is 17.3 Å². The number of rotatable bonds is 7. The molecular formula is C18H23ClN2O3. The molecule has 6 heteroatoms. The van der Waals surface area contributed by atoms with Crippen LogP contribution in [0.5, 0.6) is 0 Å². The van der Waals surface area contributed by atoms with Crippen molar-refractivity contribution in [3.8, 4) is 0 Å². The Morgan fingerprint density at radius 2 is 2.12 bits per heavy atom. The van der Waals surface area contributed by atoms with Gasteiger partial charge in [0.25, 0.3) is 0 Å². The summed E-state index contributed by atoms with van der Waals surface area (Å²) in [6.45, 7) is 4.20. The topological polar surface area (TPSA) is 67.8 Å². The Morgan fingerprint density at radius 3 is 2.83 bits per heavy atom. The molecule has 1 aliphatic rings. The van der Waals surface area contributed by atoms with E-state index in [1.807, 2.05) is 6.07 Å². The van der Waals surface area contributed by atoms with Crippen LogP contribution in [0, 0.1) is 5.92 Å². The van der Waals surface area contributed by atoms with E-state index in [1.165, 1.54) is 0 Å². The average molecular weight is 351 g/mol. The lowest BCUT2D eigenvalue weighted by atomic mass is 9.88. The summed E-state index contributed by atoms with van der Waals surface area (Å²) in [6, 6.07) is 6.14. The van der Waals surface area contributed by atoms with Crippen molar-refractivity contribution in [1.82, 2.24) is 5.32 Å². The lowest BCUT2D eigenvalue weighted by Crippen LogP contribution is -2.44. The molecule has 0 saturated heterocycles. The number of unbranched alkanes of at least 4 members (excludes halogenated alkanes) is 3. The molecular weight excluding hydrogens is 328 g/mol. The van der Waals surface area contributed by atoms with E-state index >= 15 is 0 Å². The van der Waals surface area contributed by atoms with E-state index in [1.54, 1.807) is 25.1 Å². The van der Waals surface area contributed by atoms with Crippen LogP contribution in [0.15, 0.2) is 29.3 Å². The predicted octanol–water partition coefficient (Wildman–Crippen LogP) is 4.30. The van der Waals surface area contributed by atoms with E-state index in [2.05, 4.69) is 17.2 Å². The molecule has 1 heterocycles. The molecule has 1 aliphatic heterocycles. The number of esters is 1. The third-order valence-electron chi connectivity index (χ3n) is 4.04. The molecule has 0 fully saturated rings. The van der Waals surface area contributed by atoms with Crippen molar-refractivity contribution < 1.29 is 14.3 Å². The number of hydrogen-bond acceptors (Lipinski definition) is 3. The minimum absolute atomic E-state index is 0.363. The number of halogens is 1. The highest BCUT2D eigenvalue weighted by atomic mass is 35.5. The number of aliphatic imine (C=N–C) groups is 1. The Kier molecular flexibility index (Phi) is 6.79. The standard InChI is InChI=1S/C18H23ClN2O3/c1-3-4-5-6-10-24-17(22)15-12(2)20-18(23)21-16(15)13-8-7-9-14(19)11-13/h7-9,11,15-16H,3-6,10H2,1-2H3,(H,21,23). The predicted molar refractivity (Wildman–Crippen MR) is 94.4 cm³/mol. The number of urea groups is 1. The van der Waals surface area contributed by atoms with Crippen LogP contribution in [0.2, 0.25) is 5.02 Å². The van der Waals surface area contributed by atoms with Crippen molar-refractivity contribution in [2.75, 3.05) is 6.61 Å². The van der Waals surface area contributed by atoms with Gasteiger partial charge in [0.1, 0.15) is 5.92 Å². The van der Waals surface area contributed by atoms with Gasteiger partial charge in [-0.1, -0.05) is 49.9 Å². The SMILES string of the molecule is CCCCCCOC(=O)C1C(C)=NC(=O)NC1c1cccc(Cl)c1. The monoisotopic (exact) mass is 350 g/mol. The van der Waals surface area contributed by atoms with E-state index in [-0.39, 0.29) is 5.97 Å². The second kappa shape index (κ2) is 8.83. The molecule has 24 heavy (non-hydrogen) atoms. The molecule has 0 bridgehead atoms. The Balaban J connectivity index is 2.11. The molecule has 1 aromatic rings. The Hall–Kier alpha value is -1.88. The quantitative estimate of drug-likeness (QED) is 0.588. The number of carbonyl (C=O) groups is 2. The van der Waals surface area contributed by atoms with Gasteiger partial charge in [0.2, 0.25) is 0 Å². The maximum atomic E-state index is 12.5. The van der Waals surface area contributed by atoms with Crippen molar-refractivity contribution in [1.29, 1.82) is 0 Å². The largest absolute Gasteiger partial charge is 0.465 e. The zero-order chi connectivity index (χ0) is 17.5. The van der Waals surface area contributed by atoms with Gasteiger partial charge >= 0.3 is 12.0 Å². The fourth-order valence-corrected chi connectivity index (χ4v) is 2.99. The highest BCUT2D eigenvalue weighted by molar-refractivity contribution is 6.30. The van der Waals surface area contributed by atoms with Gasteiger partial charge in [-0.15, -0.1) is 0 Å². The van der Waals surface area contributed by atoms with E-state index in [9.17, 15) is 9.59 Å². The second-order valence-electron chi connectivity index (χ2n) is 5.94. The van der Waals surface area contributed by atoms with Gasteiger partial charge in [-0.05, 0) is 31.0 Å². The Bertz CT molecular complexity index is 630. The van der Waals surface area contributed by atoms with Gasteiger partial charge < -0.3 is 10.1 Å². The van der Waals surface area contributed by atoms with E-state index in [0.717, 1.165) is 31.2 Å². The van der Waals surface area contributed by atoms with Gasteiger partial charge in [0.05, 0.1) is 12.6 Å². The van der Waals surface area contributed by atoms with Crippen molar-refractivity contribution in [2.24, 2.45) is 10.9 Å². The van der Waals surface area contributed by atoms with Gasteiger partial charge in [0.15, 0.2) is 0 Å². The number of hydrogen-bond donors (Lipinski definition) is 1. The van der Waals surface area contributed by atoms with Crippen molar-refractivity contribution in [3.63, 3.8) is 0 Å². The molecule has 0 aliphatic carbocycles. The summed E-state index contributed by atoms with van der Waals surface area (Å²) in [5, 5.41) is 3.30. The summed E-state index contributed by atoms with van der Waals surface area (Å²) in [4.78, 5) is 28.2. The minimum Gasteiger partial charge on any atom is -0.465 e. The van der Waals surface area contributed by atoms with E-state index in [4.69, 9.17) is 16.3 Å².